The summed E-state index contributed by atoms with van der Waals surface area (Å²) in [7, 11) is 0. The second-order valence-corrected chi connectivity index (χ2v) is 7.92. The van der Waals surface area contributed by atoms with Crippen LogP contribution < -0.4 is 5.32 Å². The molecular formula is C20H26ClN5O. The number of aromatic nitrogens is 3. The molecule has 1 N–H and O–H groups in total. The molecule has 1 unspecified atom stereocenters. The number of halogens is 1. The van der Waals surface area contributed by atoms with E-state index in [-0.39, 0.29) is 11.9 Å². The zero-order valence-electron chi connectivity index (χ0n) is 15.5. The summed E-state index contributed by atoms with van der Waals surface area (Å²) in [6, 6.07) is 8.27. The number of carbonyl (C=O) groups excluding carboxylic acids is 1. The summed E-state index contributed by atoms with van der Waals surface area (Å²) in [5.41, 5.74) is 1.59. The van der Waals surface area contributed by atoms with Crippen LogP contribution in [0.5, 0.6) is 0 Å². The molecule has 2 fully saturated rings. The fourth-order valence-electron chi connectivity index (χ4n) is 4.15. The first-order chi connectivity index (χ1) is 13.2. The fourth-order valence-corrected chi connectivity index (χ4v) is 4.28. The number of nitrogens with zero attached hydrogens (tertiary/aromatic N) is 4. The predicted molar refractivity (Wildman–Crippen MR) is 105 cm³/mol. The molecule has 27 heavy (non-hydrogen) atoms. The van der Waals surface area contributed by atoms with Crippen molar-refractivity contribution in [2.24, 2.45) is 0 Å². The topological polar surface area (TPSA) is 63.1 Å². The van der Waals surface area contributed by atoms with Crippen molar-refractivity contribution in [1.29, 1.82) is 0 Å². The Bertz CT molecular complexity index is 769. The quantitative estimate of drug-likeness (QED) is 0.873. The second kappa shape index (κ2) is 8.40. The van der Waals surface area contributed by atoms with Crippen molar-refractivity contribution >= 4 is 17.5 Å². The Kier molecular flexibility index (Phi) is 5.74. The summed E-state index contributed by atoms with van der Waals surface area (Å²) in [4.78, 5) is 15.3. The zero-order valence-corrected chi connectivity index (χ0v) is 16.2. The van der Waals surface area contributed by atoms with Gasteiger partial charge in [-0.2, -0.15) is 0 Å². The number of likely N-dealkylation sites (tertiary alicyclic amines) is 1. The highest BCUT2D eigenvalue weighted by Crippen LogP contribution is 2.32. The number of piperidine rings is 1. The molecule has 0 aliphatic carbocycles. The van der Waals surface area contributed by atoms with Gasteiger partial charge in [-0.05, 0) is 56.5 Å². The van der Waals surface area contributed by atoms with E-state index in [1.54, 1.807) is 0 Å². The standard InChI is InChI=1S/C20H26ClN5O/c21-16-7-5-15(6-8-16)19-4-2-1-3-13-25(19)20(27)18-14-26(24-23-18)17-9-11-22-12-10-17/h5-8,14,17,19,22H,1-4,9-13H2. The third-order valence-corrected chi connectivity index (χ3v) is 5.93. The minimum Gasteiger partial charge on any atom is -0.330 e. The normalized spacial score (nSPS) is 21.8. The summed E-state index contributed by atoms with van der Waals surface area (Å²) in [5, 5.41) is 12.6. The van der Waals surface area contributed by atoms with Gasteiger partial charge in [-0.25, -0.2) is 4.68 Å². The highest BCUT2D eigenvalue weighted by atomic mass is 35.5. The van der Waals surface area contributed by atoms with E-state index in [0.29, 0.717) is 11.7 Å². The minimum absolute atomic E-state index is 0.0166. The van der Waals surface area contributed by atoms with Gasteiger partial charge < -0.3 is 10.2 Å². The van der Waals surface area contributed by atoms with E-state index in [9.17, 15) is 4.79 Å². The van der Waals surface area contributed by atoms with E-state index in [0.717, 1.165) is 68.7 Å². The van der Waals surface area contributed by atoms with E-state index in [1.807, 2.05) is 40.0 Å². The van der Waals surface area contributed by atoms with E-state index in [4.69, 9.17) is 11.6 Å². The average molecular weight is 388 g/mol. The van der Waals surface area contributed by atoms with Gasteiger partial charge in [0, 0.05) is 11.6 Å². The lowest BCUT2D eigenvalue weighted by molar-refractivity contribution is 0.0674. The van der Waals surface area contributed by atoms with Crippen LogP contribution in [-0.2, 0) is 0 Å². The number of hydrogen-bond acceptors (Lipinski definition) is 4. The summed E-state index contributed by atoms with van der Waals surface area (Å²) in [6.45, 7) is 2.73. The van der Waals surface area contributed by atoms with Crippen LogP contribution in [0.3, 0.4) is 0 Å². The molecule has 4 rings (SSSR count). The summed E-state index contributed by atoms with van der Waals surface area (Å²) < 4.78 is 1.88. The molecule has 2 aromatic rings. The summed E-state index contributed by atoms with van der Waals surface area (Å²) in [6.07, 6.45) is 8.15. The van der Waals surface area contributed by atoms with Gasteiger partial charge in [0.15, 0.2) is 5.69 Å². The third kappa shape index (κ3) is 4.17. The van der Waals surface area contributed by atoms with E-state index in [2.05, 4.69) is 15.6 Å². The van der Waals surface area contributed by atoms with Crippen LogP contribution in [0.1, 0.15) is 66.7 Å². The van der Waals surface area contributed by atoms with E-state index >= 15 is 0 Å². The minimum atomic E-state index is -0.0166. The highest BCUT2D eigenvalue weighted by molar-refractivity contribution is 6.30. The highest BCUT2D eigenvalue weighted by Gasteiger charge is 2.29. The Morgan fingerprint density at radius 1 is 1.07 bits per heavy atom. The Labute approximate surface area is 164 Å². The van der Waals surface area contributed by atoms with Crippen LogP contribution in [0.25, 0.3) is 0 Å². The van der Waals surface area contributed by atoms with Crippen molar-refractivity contribution in [3.05, 3.63) is 46.7 Å². The first kappa shape index (κ1) is 18.4. The zero-order chi connectivity index (χ0) is 18.6. The lowest BCUT2D eigenvalue weighted by atomic mass is 10.0. The first-order valence-corrected chi connectivity index (χ1v) is 10.3. The van der Waals surface area contributed by atoms with E-state index in [1.165, 1.54) is 0 Å². The van der Waals surface area contributed by atoms with Crippen molar-refractivity contribution < 1.29 is 4.79 Å². The molecule has 0 bridgehead atoms. The maximum absolute atomic E-state index is 13.3. The molecule has 1 atom stereocenters. The number of hydrogen-bond donors (Lipinski definition) is 1. The van der Waals surface area contributed by atoms with E-state index < -0.39 is 0 Å². The average Bonchev–Trinajstić information content (AvgIpc) is 3.07. The lowest BCUT2D eigenvalue weighted by Gasteiger charge is -2.30. The largest absolute Gasteiger partial charge is 0.330 e. The van der Waals surface area contributed by atoms with Gasteiger partial charge in [0.25, 0.3) is 5.91 Å². The Balaban J connectivity index is 1.56. The molecule has 0 spiro atoms. The van der Waals surface area contributed by atoms with Gasteiger partial charge in [0.1, 0.15) is 0 Å². The van der Waals surface area contributed by atoms with Crippen LogP contribution in [0, 0.1) is 0 Å². The molecule has 2 saturated heterocycles. The van der Waals surface area contributed by atoms with Gasteiger partial charge in [-0.15, -0.1) is 5.10 Å². The van der Waals surface area contributed by atoms with Gasteiger partial charge in [-0.1, -0.05) is 41.8 Å². The van der Waals surface area contributed by atoms with Crippen LogP contribution in [-0.4, -0.2) is 45.4 Å². The SMILES string of the molecule is O=C(c1cn(C2CCNCC2)nn1)N1CCCCCC1c1ccc(Cl)cc1. The number of rotatable bonds is 3. The molecule has 2 aliphatic rings. The number of nitrogens with one attached hydrogen (secondary N) is 1. The molecule has 6 nitrogen and oxygen atoms in total. The number of amides is 1. The van der Waals surface area contributed by atoms with Gasteiger partial charge in [0.2, 0.25) is 0 Å². The Morgan fingerprint density at radius 2 is 1.85 bits per heavy atom. The van der Waals surface area contributed by atoms with Crippen LogP contribution in [0.15, 0.2) is 30.5 Å². The van der Waals surface area contributed by atoms with Gasteiger partial charge >= 0.3 is 0 Å². The Hall–Kier alpha value is -1.92. The molecule has 0 radical (unpaired) electrons. The molecular weight excluding hydrogens is 362 g/mol. The maximum Gasteiger partial charge on any atom is 0.276 e. The lowest BCUT2D eigenvalue weighted by Crippen LogP contribution is -2.35. The number of carbonyl (C=O) groups is 1. The molecule has 0 saturated carbocycles. The monoisotopic (exact) mass is 387 g/mol. The van der Waals surface area contributed by atoms with Crippen molar-refractivity contribution in [2.45, 2.75) is 50.6 Å². The first-order valence-electron chi connectivity index (χ1n) is 9.91. The number of benzene rings is 1. The molecule has 1 aromatic heterocycles. The van der Waals surface area contributed by atoms with Crippen LogP contribution in [0.4, 0.5) is 0 Å². The summed E-state index contributed by atoms with van der Waals surface area (Å²) >= 11 is 6.05. The van der Waals surface area contributed by atoms with Crippen molar-refractivity contribution in [3.63, 3.8) is 0 Å². The smallest absolute Gasteiger partial charge is 0.276 e. The molecule has 3 heterocycles. The molecule has 144 valence electrons. The van der Waals surface area contributed by atoms with Crippen molar-refractivity contribution in [2.75, 3.05) is 19.6 Å². The third-order valence-electron chi connectivity index (χ3n) is 5.68. The summed E-state index contributed by atoms with van der Waals surface area (Å²) in [5.74, 6) is -0.0166. The van der Waals surface area contributed by atoms with Gasteiger partial charge in [-0.3, -0.25) is 4.79 Å². The molecule has 1 amide bonds. The molecule has 7 heteroatoms. The van der Waals surface area contributed by atoms with Gasteiger partial charge in [0.05, 0.1) is 18.3 Å². The van der Waals surface area contributed by atoms with Crippen molar-refractivity contribution in [1.82, 2.24) is 25.2 Å². The Morgan fingerprint density at radius 3 is 2.63 bits per heavy atom. The molecule has 2 aliphatic heterocycles. The molecule has 1 aromatic carbocycles. The predicted octanol–water partition coefficient (Wildman–Crippen LogP) is 3.61. The van der Waals surface area contributed by atoms with Crippen LogP contribution >= 0.6 is 11.6 Å². The van der Waals surface area contributed by atoms with Crippen LogP contribution in [0.2, 0.25) is 5.02 Å². The fraction of sp³-hybridized carbons (Fsp3) is 0.550. The maximum atomic E-state index is 13.3. The second-order valence-electron chi connectivity index (χ2n) is 7.48. The van der Waals surface area contributed by atoms with Crippen molar-refractivity contribution in [3.8, 4) is 0 Å².